The summed E-state index contributed by atoms with van der Waals surface area (Å²) >= 11 is 1.51. The van der Waals surface area contributed by atoms with Crippen LogP contribution in [0.4, 0.5) is 5.69 Å². The highest BCUT2D eigenvalue weighted by Gasteiger charge is 2.33. The molecule has 3 rings (SSSR count). The Balaban J connectivity index is 1.64. The van der Waals surface area contributed by atoms with E-state index >= 15 is 0 Å². The highest BCUT2D eigenvalue weighted by Crippen LogP contribution is 2.35. The van der Waals surface area contributed by atoms with Gasteiger partial charge in [-0.15, -0.1) is 11.8 Å². The van der Waals surface area contributed by atoms with Crippen LogP contribution in [0, 0.1) is 0 Å². The van der Waals surface area contributed by atoms with Crippen molar-refractivity contribution in [3.8, 4) is 0 Å². The fraction of sp³-hybridized carbons (Fsp3) is 0.600. The van der Waals surface area contributed by atoms with E-state index in [1.807, 2.05) is 19.1 Å². The fourth-order valence-corrected chi connectivity index (χ4v) is 4.46. The van der Waals surface area contributed by atoms with Gasteiger partial charge in [0.15, 0.2) is 0 Å². The Hall–Kier alpha value is -1.57. The summed E-state index contributed by atoms with van der Waals surface area (Å²) in [5.74, 6) is -0.153. The molecule has 1 fully saturated rings. The molecule has 27 heavy (non-hydrogen) atoms. The van der Waals surface area contributed by atoms with E-state index in [0.717, 1.165) is 18.0 Å². The Morgan fingerprint density at radius 1 is 1.30 bits per heavy atom. The molecule has 2 aliphatic rings. The molecule has 3 atom stereocenters. The summed E-state index contributed by atoms with van der Waals surface area (Å²) in [6, 6.07) is 5.48. The predicted molar refractivity (Wildman–Crippen MR) is 108 cm³/mol. The lowest BCUT2D eigenvalue weighted by Gasteiger charge is -2.45. The molecule has 1 saturated heterocycles. The summed E-state index contributed by atoms with van der Waals surface area (Å²) in [6.45, 7) is 12.6. The van der Waals surface area contributed by atoms with E-state index in [1.54, 1.807) is 6.07 Å². The van der Waals surface area contributed by atoms with Gasteiger partial charge < -0.3 is 15.4 Å². The Kier molecular flexibility index (Phi) is 5.84. The smallest absolute Gasteiger partial charge is 0.251 e. The number of morpholine rings is 1. The molecule has 0 spiro atoms. The number of amides is 2. The molecule has 2 N–H and O–H groups in total. The normalized spacial score (nSPS) is 26.3. The lowest BCUT2D eigenvalue weighted by molar-refractivity contribution is -0.115. The van der Waals surface area contributed by atoms with Gasteiger partial charge in [-0.2, -0.15) is 0 Å². The lowest BCUT2D eigenvalue weighted by atomic mass is 10.00. The Bertz CT molecular complexity index is 727. The number of benzene rings is 1. The summed E-state index contributed by atoms with van der Waals surface area (Å²) in [7, 11) is 0. The molecule has 0 bridgehead atoms. The molecule has 2 amide bonds. The van der Waals surface area contributed by atoms with E-state index in [0.29, 0.717) is 17.8 Å². The van der Waals surface area contributed by atoms with Gasteiger partial charge in [0.2, 0.25) is 5.91 Å². The number of ether oxygens (including phenoxy) is 1. The largest absolute Gasteiger partial charge is 0.373 e. The van der Waals surface area contributed by atoms with Crippen LogP contribution >= 0.6 is 11.8 Å². The molecule has 0 unspecified atom stereocenters. The zero-order valence-electron chi connectivity index (χ0n) is 16.7. The summed E-state index contributed by atoms with van der Waals surface area (Å²) in [5.41, 5.74) is 1.10. The van der Waals surface area contributed by atoms with Crippen LogP contribution < -0.4 is 10.6 Å². The van der Waals surface area contributed by atoms with Crippen LogP contribution in [-0.4, -0.2) is 59.3 Å². The first kappa shape index (κ1) is 20.2. The minimum atomic E-state index is -0.171. The summed E-state index contributed by atoms with van der Waals surface area (Å²) < 4.78 is 5.81. The van der Waals surface area contributed by atoms with Crippen LogP contribution in [0.1, 0.15) is 45.0 Å². The predicted octanol–water partition coefficient (Wildman–Crippen LogP) is 2.74. The second kappa shape index (κ2) is 7.81. The highest BCUT2D eigenvalue weighted by atomic mass is 32.2. The molecule has 148 valence electrons. The summed E-state index contributed by atoms with van der Waals surface area (Å²) in [6.07, 6.45) is 0.376. The number of fused-ring (bicyclic) bond motifs is 1. The average Bonchev–Trinajstić information content (AvgIpc) is 2.59. The summed E-state index contributed by atoms with van der Waals surface area (Å²) in [4.78, 5) is 27.9. The first-order chi connectivity index (χ1) is 12.7. The number of rotatable bonds is 4. The van der Waals surface area contributed by atoms with Crippen LogP contribution in [0.5, 0.6) is 0 Å². The van der Waals surface area contributed by atoms with Crippen molar-refractivity contribution in [3.63, 3.8) is 0 Å². The van der Waals surface area contributed by atoms with E-state index in [1.165, 1.54) is 11.8 Å². The minimum Gasteiger partial charge on any atom is -0.373 e. The molecular weight excluding hydrogens is 362 g/mol. The lowest BCUT2D eigenvalue weighted by Crippen LogP contribution is -2.58. The van der Waals surface area contributed by atoms with E-state index in [2.05, 4.69) is 43.2 Å². The number of hydrogen-bond donors (Lipinski definition) is 2. The Labute approximate surface area is 165 Å². The second-order valence-electron chi connectivity index (χ2n) is 8.12. The van der Waals surface area contributed by atoms with Gasteiger partial charge in [0.05, 0.1) is 23.1 Å². The molecule has 2 aliphatic heterocycles. The molecule has 7 heteroatoms. The van der Waals surface area contributed by atoms with Gasteiger partial charge in [-0.25, -0.2) is 0 Å². The van der Waals surface area contributed by atoms with Crippen molar-refractivity contribution in [1.82, 2.24) is 10.2 Å². The van der Waals surface area contributed by atoms with Crippen LogP contribution in [0.25, 0.3) is 0 Å². The average molecular weight is 392 g/mol. The van der Waals surface area contributed by atoms with Crippen molar-refractivity contribution in [3.05, 3.63) is 23.8 Å². The van der Waals surface area contributed by atoms with Gasteiger partial charge in [-0.1, -0.05) is 0 Å². The standard InChI is InChI=1S/C20H29N3O3S/c1-12-9-23(10-13(2)26-12)20(4,5)11-21-19(25)15-6-7-17-16(8-15)22-18(24)14(3)27-17/h6-8,12-14H,9-11H2,1-5H3,(H,21,25)(H,22,24)/t12-,13+,14-/m1/s1. The van der Waals surface area contributed by atoms with Crippen LogP contribution in [0.3, 0.4) is 0 Å². The van der Waals surface area contributed by atoms with Crippen LogP contribution in [0.15, 0.2) is 23.1 Å². The van der Waals surface area contributed by atoms with E-state index in [4.69, 9.17) is 4.74 Å². The minimum absolute atomic E-state index is 0.0262. The zero-order chi connectivity index (χ0) is 19.8. The number of carbonyl (C=O) groups is 2. The fourth-order valence-electron chi connectivity index (χ4n) is 3.53. The van der Waals surface area contributed by atoms with Crippen LogP contribution in [0.2, 0.25) is 0 Å². The summed E-state index contributed by atoms with van der Waals surface area (Å²) in [5, 5.41) is 5.81. The maximum Gasteiger partial charge on any atom is 0.251 e. The first-order valence-corrected chi connectivity index (χ1v) is 10.3. The third kappa shape index (κ3) is 4.65. The van der Waals surface area contributed by atoms with E-state index < -0.39 is 0 Å². The SMILES string of the molecule is C[C@@H]1CN(C(C)(C)CNC(=O)c2ccc3c(c2)NC(=O)[C@@H](C)S3)C[C@H](C)O1. The number of hydrogen-bond acceptors (Lipinski definition) is 5. The van der Waals surface area contributed by atoms with Gasteiger partial charge in [-0.05, 0) is 52.8 Å². The quantitative estimate of drug-likeness (QED) is 0.826. The van der Waals surface area contributed by atoms with Gasteiger partial charge >= 0.3 is 0 Å². The van der Waals surface area contributed by atoms with E-state index in [-0.39, 0.29) is 34.8 Å². The van der Waals surface area contributed by atoms with Crippen molar-refractivity contribution in [2.75, 3.05) is 25.0 Å². The molecule has 2 heterocycles. The maximum atomic E-state index is 12.7. The molecule has 1 aromatic rings. The molecule has 0 aliphatic carbocycles. The molecule has 0 radical (unpaired) electrons. The van der Waals surface area contributed by atoms with Gasteiger partial charge in [0, 0.05) is 35.6 Å². The third-order valence-electron chi connectivity index (χ3n) is 5.13. The van der Waals surface area contributed by atoms with Crippen molar-refractivity contribution < 1.29 is 14.3 Å². The second-order valence-corrected chi connectivity index (χ2v) is 9.50. The molecule has 1 aromatic carbocycles. The molecule has 6 nitrogen and oxygen atoms in total. The molecule has 0 aromatic heterocycles. The van der Waals surface area contributed by atoms with Crippen molar-refractivity contribution in [2.24, 2.45) is 0 Å². The maximum absolute atomic E-state index is 12.7. The van der Waals surface area contributed by atoms with Gasteiger partial charge in [-0.3, -0.25) is 14.5 Å². The highest BCUT2D eigenvalue weighted by molar-refractivity contribution is 8.00. The van der Waals surface area contributed by atoms with Crippen molar-refractivity contribution >= 4 is 29.3 Å². The Morgan fingerprint density at radius 2 is 1.96 bits per heavy atom. The molecular formula is C20H29N3O3S. The first-order valence-electron chi connectivity index (χ1n) is 9.46. The Morgan fingerprint density at radius 3 is 2.63 bits per heavy atom. The number of nitrogens with one attached hydrogen (secondary N) is 2. The zero-order valence-corrected chi connectivity index (χ0v) is 17.5. The van der Waals surface area contributed by atoms with Crippen molar-refractivity contribution in [1.29, 1.82) is 0 Å². The number of anilines is 1. The third-order valence-corrected chi connectivity index (χ3v) is 6.31. The van der Waals surface area contributed by atoms with Gasteiger partial charge in [0.25, 0.3) is 5.91 Å². The van der Waals surface area contributed by atoms with Gasteiger partial charge in [0.1, 0.15) is 0 Å². The van der Waals surface area contributed by atoms with Crippen molar-refractivity contribution in [2.45, 2.75) is 62.5 Å². The number of thioether (sulfide) groups is 1. The van der Waals surface area contributed by atoms with E-state index in [9.17, 15) is 9.59 Å². The topological polar surface area (TPSA) is 70.7 Å². The van der Waals surface area contributed by atoms with Crippen LogP contribution in [-0.2, 0) is 9.53 Å². The number of carbonyl (C=O) groups excluding carboxylic acids is 2. The monoisotopic (exact) mass is 391 g/mol. The molecule has 0 saturated carbocycles. The number of nitrogens with zero attached hydrogens (tertiary/aromatic N) is 1.